The van der Waals surface area contributed by atoms with E-state index in [-0.39, 0.29) is 22.5 Å². The molecule has 0 unspecified atom stereocenters. The van der Waals surface area contributed by atoms with Crippen LogP contribution in [0.3, 0.4) is 0 Å². The number of nitro groups is 1. The molecule has 7 nitrogen and oxygen atoms in total. The molecule has 0 aromatic carbocycles. The van der Waals surface area contributed by atoms with Crippen LogP contribution in [0.4, 0.5) is 5.69 Å². The maximum atomic E-state index is 11.1. The second-order valence-corrected chi connectivity index (χ2v) is 4.80. The van der Waals surface area contributed by atoms with E-state index in [1.165, 1.54) is 11.6 Å². The predicted octanol–water partition coefficient (Wildman–Crippen LogP) is 2.41. The van der Waals surface area contributed by atoms with Crippen LogP contribution >= 0.6 is 11.6 Å². The summed E-state index contributed by atoms with van der Waals surface area (Å²) in [6.45, 7) is 1.53. The van der Waals surface area contributed by atoms with E-state index in [0.717, 1.165) is 18.5 Å². The van der Waals surface area contributed by atoms with Crippen LogP contribution in [0.1, 0.15) is 30.1 Å². The van der Waals surface area contributed by atoms with Crippen LogP contribution in [0.15, 0.2) is 12.3 Å². The van der Waals surface area contributed by atoms with Gasteiger partial charge in [0.15, 0.2) is 0 Å². The summed E-state index contributed by atoms with van der Waals surface area (Å²) in [5.41, 5.74) is 0.986. The van der Waals surface area contributed by atoms with Crippen LogP contribution < -0.4 is 0 Å². The molecule has 1 aliphatic rings. The molecule has 0 saturated heterocycles. The van der Waals surface area contributed by atoms with Gasteiger partial charge in [0, 0.05) is 12.1 Å². The Hall–Kier alpha value is -2.02. The summed E-state index contributed by atoms with van der Waals surface area (Å²) < 4.78 is 1.40. The van der Waals surface area contributed by atoms with Crippen LogP contribution in [-0.4, -0.2) is 24.7 Å². The first-order valence-electron chi connectivity index (χ1n) is 5.80. The second-order valence-electron chi connectivity index (χ2n) is 4.47. The van der Waals surface area contributed by atoms with Crippen LogP contribution in [0.25, 0.3) is 5.82 Å². The molecule has 0 spiro atoms. The minimum atomic E-state index is -0.514. The largest absolute Gasteiger partial charge is 0.334 e. The fraction of sp³-hybridized carbons (Fsp3) is 0.364. The Morgan fingerprint density at radius 1 is 1.47 bits per heavy atom. The van der Waals surface area contributed by atoms with E-state index in [4.69, 9.17) is 11.6 Å². The van der Waals surface area contributed by atoms with E-state index in [1.807, 2.05) is 6.07 Å². The van der Waals surface area contributed by atoms with Crippen molar-refractivity contribution in [2.75, 3.05) is 0 Å². The lowest BCUT2D eigenvalue weighted by molar-refractivity contribution is -0.385. The Bertz CT molecular complexity index is 665. The van der Waals surface area contributed by atoms with E-state index in [9.17, 15) is 10.1 Å². The number of aryl methyl sites for hydroxylation is 1. The lowest BCUT2D eigenvalue weighted by atomic mass is 10.3. The van der Waals surface area contributed by atoms with Gasteiger partial charge >= 0.3 is 5.69 Å². The van der Waals surface area contributed by atoms with Gasteiger partial charge in [0.05, 0.1) is 10.6 Å². The number of hydrogen-bond donors (Lipinski definition) is 0. The van der Waals surface area contributed by atoms with Crippen molar-refractivity contribution in [2.45, 2.75) is 25.7 Å². The molecule has 98 valence electrons. The normalized spacial score (nSPS) is 14.6. The van der Waals surface area contributed by atoms with Crippen LogP contribution in [-0.2, 0) is 0 Å². The molecule has 2 heterocycles. The molecule has 0 radical (unpaired) electrons. The number of aromatic nitrogens is 4. The highest BCUT2D eigenvalue weighted by atomic mass is 35.5. The average molecular weight is 280 g/mol. The fourth-order valence-corrected chi connectivity index (χ4v) is 2.15. The first-order chi connectivity index (χ1) is 9.06. The molecule has 0 N–H and O–H groups in total. The van der Waals surface area contributed by atoms with Gasteiger partial charge in [-0.15, -0.1) is 0 Å². The molecule has 0 atom stereocenters. The van der Waals surface area contributed by atoms with Gasteiger partial charge in [-0.25, -0.2) is 9.67 Å². The lowest BCUT2D eigenvalue weighted by Gasteiger charge is -2.04. The van der Waals surface area contributed by atoms with E-state index in [1.54, 1.807) is 6.20 Å². The molecule has 2 aromatic heterocycles. The molecular weight excluding hydrogens is 270 g/mol. The molecular formula is C11H10ClN5O2. The smallest absolute Gasteiger partial charge is 0.258 e. The molecule has 1 aliphatic carbocycles. The van der Waals surface area contributed by atoms with E-state index in [2.05, 4.69) is 15.1 Å². The monoisotopic (exact) mass is 279 g/mol. The van der Waals surface area contributed by atoms with E-state index < -0.39 is 4.92 Å². The van der Waals surface area contributed by atoms with Crippen molar-refractivity contribution in [3.05, 3.63) is 39.0 Å². The van der Waals surface area contributed by atoms with Gasteiger partial charge in [-0.2, -0.15) is 10.1 Å². The Labute approximate surface area is 113 Å². The molecule has 0 bridgehead atoms. The average Bonchev–Trinajstić information content (AvgIpc) is 3.05. The fourth-order valence-electron chi connectivity index (χ4n) is 1.94. The standard InChI is InChI=1S/C11H10ClN5O2/c1-6-9(17(18)19)10(14-11(12)13-6)16-5-4-8(15-16)7-2-3-7/h4-5,7H,2-3H2,1H3. The van der Waals surface area contributed by atoms with Crippen LogP contribution in [0.5, 0.6) is 0 Å². The van der Waals surface area contributed by atoms with Crippen LogP contribution in [0.2, 0.25) is 5.28 Å². The molecule has 3 rings (SSSR count). The van der Waals surface area contributed by atoms with Crippen molar-refractivity contribution in [3.63, 3.8) is 0 Å². The van der Waals surface area contributed by atoms with Gasteiger partial charge < -0.3 is 0 Å². The van der Waals surface area contributed by atoms with Crippen molar-refractivity contribution in [2.24, 2.45) is 0 Å². The summed E-state index contributed by atoms with van der Waals surface area (Å²) in [7, 11) is 0. The van der Waals surface area contributed by atoms with E-state index in [0.29, 0.717) is 5.92 Å². The van der Waals surface area contributed by atoms with Gasteiger partial charge in [0.25, 0.3) is 0 Å². The maximum absolute atomic E-state index is 11.1. The molecule has 8 heteroatoms. The third-order valence-corrected chi connectivity index (χ3v) is 3.19. The molecule has 2 aromatic rings. The minimum absolute atomic E-state index is 0.0263. The van der Waals surface area contributed by atoms with Gasteiger partial charge in [-0.1, -0.05) is 0 Å². The van der Waals surface area contributed by atoms with Crippen molar-refractivity contribution in [1.29, 1.82) is 0 Å². The predicted molar refractivity (Wildman–Crippen MR) is 67.5 cm³/mol. The summed E-state index contributed by atoms with van der Waals surface area (Å²) in [5.74, 6) is 0.577. The van der Waals surface area contributed by atoms with Gasteiger partial charge in [0.1, 0.15) is 5.69 Å². The Morgan fingerprint density at radius 2 is 2.21 bits per heavy atom. The van der Waals surface area contributed by atoms with Crippen molar-refractivity contribution < 1.29 is 4.92 Å². The molecule has 0 aliphatic heterocycles. The van der Waals surface area contributed by atoms with Gasteiger partial charge in [-0.3, -0.25) is 10.1 Å². The SMILES string of the molecule is Cc1nc(Cl)nc(-n2ccc(C3CC3)n2)c1[N+](=O)[O-]. The Balaban J connectivity index is 2.13. The van der Waals surface area contributed by atoms with Crippen molar-refractivity contribution >= 4 is 17.3 Å². The topological polar surface area (TPSA) is 86.7 Å². The quantitative estimate of drug-likeness (QED) is 0.489. The van der Waals surface area contributed by atoms with Crippen LogP contribution in [0, 0.1) is 17.0 Å². The number of hydrogen-bond acceptors (Lipinski definition) is 5. The molecule has 1 fully saturated rings. The first kappa shape index (κ1) is 12.0. The highest BCUT2D eigenvalue weighted by Gasteiger charge is 2.28. The Morgan fingerprint density at radius 3 is 2.84 bits per heavy atom. The highest BCUT2D eigenvalue weighted by Crippen LogP contribution is 2.39. The van der Waals surface area contributed by atoms with Gasteiger partial charge in [-0.05, 0) is 37.4 Å². The van der Waals surface area contributed by atoms with Crippen molar-refractivity contribution in [3.8, 4) is 5.82 Å². The summed E-state index contributed by atoms with van der Waals surface area (Å²) in [4.78, 5) is 18.3. The zero-order chi connectivity index (χ0) is 13.6. The summed E-state index contributed by atoms with van der Waals surface area (Å²) in [6, 6.07) is 1.85. The third kappa shape index (κ3) is 2.17. The highest BCUT2D eigenvalue weighted by molar-refractivity contribution is 6.28. The zero-order valence-electron chi connectivity index (χ0n) is 10.1. The maximum Gasteiger partial charge on any atom is 0.334 e. The summed E-state index contributed by atoms with van der Waals surface area (Å²) in [6.07, 6.45) is 3.89. The Kier molecular flexibility index (Phi) is 2.70. The summed E-state index contributed by atoms with van der Waals surface area (Å²) >= 11 is 5.77. The second kappa shape index (κ2) is 4.27. The number of halogens is 1. The lowest BCUT2D eigenvalue weighted by Crippen LogP contribution is -2.07. The number of nitrogens with zero attached hydrogens (tertiary/aromatic N) is 5. The van der Waals surface area contributed by atoms with E-state index >= 15 is 0 Å². The first-order valence-corrected chi connectivity index (χ1v) is 6.18. The number of rotatable bonds is 3. The molecule has 1 saturated carbocycles. The third-order valence-electron chi connectivity index (χ3n) is 3.02. The zero-order valence-corrected chi connectivity index (χ0v) is 10.8. The molecule has 0 amide bonds. The van der Waals surface area contributed by atoms with Crippen molar-refractivity contribution in [1.82, 2.24) is 19.7 Å². The molecule has 19 heavy (non-hydrogen) atoms. The van der Waals surface area contributed by atoms with Gasteiger partial charge in [0.2, 0.25) is 11.1 Å². The minimum Gasteiger partial charge on any atom is -0.258 e. The summed E-state index contributed by atoms with van der Waals surface area (Å²) in [5, 5.41) is 15.4.